The summed E-state index contributed by atoms with van der Waals surface area (Å²) in [4.78, 5) is 10.2. The Morgan fingerprint density at radius 2 is 2.10 bits per heavy atom. The predicted octanol–water partition coefficient (Wildman–Crippen LogP) is 3.26. The highest BCUT2D eigenvalue weighted by atomic mass is 32.2. The third-order valence-electron chi connectivity index (χ3n) is 3.60. The molecule has 110 valence electrons. The van der Waals surface area contributed by atoms with E-state index in [2.05, 4.69) is 19.2 Å². The van der Waals surface area contributed by atoms with Gasteiger partial charge in [-0.2, -0.15) is 11.8 Å². The number of nitro benzene ring substituents is 1. The Morgan fingerprint density at radius 1 is 1.40 bits per heavy atom. The van der Waals surface area contributed by atoms with Crippen LogP contribution >= 0.6 is 11.8 Å². The van der Waals surface area contributed by atoms with E-state index in [1.54, 1.807) is 12.1 Å². The lowest BCUT2D eigenvalue weighted by Crippen LogP contribution is -2.41. The molecular weight excluding hydrogens is 272 g/mol. The third-order valence-corrected chi connectivity index (χ3v) is 5.23. The monoisotopic (exact) mass is 294 g/mol. The van der Waals surface area contributed by atoms with Crippen molar-refractivity contribution in [2.75, 3.05) is 18.1 Å². The van der Waals surface area contributed by atoms with Crippen LogP contribution in [0.15, 0.2) is 24.3 Å². The fraction of sp³-hybridized carbons (Fsp3) is 0.600. The van der Waals surface area contributed by atoms with Crippen molar-refractivity contribution in [3.05, 3.63) is 39.9 Å². The number of thioether (sulfide) groups is 1. The maximum absolute atomic E-state index is 10.6. The minimum atomic E-state index is -0.358. The summed E-state index contributed by atoms with van der Waals surface area (Å²) < 4.78 is 0. The maximum Gasteiger partial charge on any atom is 0.269 e. The summed E-state index contributed by atoms with van der Waals surface area (Å²) in [6.45, 7) is 5.58. The molecule has 1 aliphatic rings. The molecule has 0 bridgehead atoms. The Kier molecular flexibility index (Phi) is 5.05. The molecule has 1 N–H and O–H groups in total. The van der Waals surface area contributed by atoms with E-state index < -0.39 is 0 Å². The zero-order chi connectivity index (χ0) is 14.6. The number of hydrogen-bond acceptors (Lipinski definition) is 4. The summed E-state index contributed by atoms with van der Waals surface area (Å²) in [7, 11) is 0. The van der Waals surface area contributed by atoms with Gasteiger partial charge in [0.05, 0.1) is 4.92 Å². The van der Waals surface area contributed by atoms with Crippen molar-refractivity contribution in [3.8, 4) is 0 Å². The summed E-state index contributed by atoms with van der Waals surface area (Å²) in [5.41, 5.74) is 1.73. The lowest BCUT2D eigenvalue weighted by Gasteiger charge is -2.35. The van der Waals surface area contributed by atoms with Crippen molar-refractivity contribution >= 4 is 17.4 Å². The normalized spacial score (nSPS) is 21.6. The van der Waals surface area contributed by atoms with Gasteiger partial charge >= 0.3 is 0 Å². The van der Waals surface area contributed by atoms with Gasteiger partial charge in [-0.15, -0.1) is 0 Å². The molecule has 0 saturated carbocycles. The van der Waals surface area contributed by atoms with Gasteiger partial charge in [-0.1, -0.05) is 26.0 Å². The SMILES string of the molecule is CC1(C)CSCC(NCCc2ccc([N+](=O)[O-])cc2)C1. The minimum Gasteiger partial charge on any atom is -0.313 e. The van der Waals surface area contributed by atoms with Gasteiger partial charge in [-0.05, 0) is 36.1 Å². The molecular formula is C15H22N2O2S. The molecule has 0 aromatic heterocycles. The summed E-state index contributed by atoms with van der Waals surface area (Å²) >= 11 is 2.02. The van der Waals surface area contributed by atoms with Crippen molar-refractivity contribution in [2.45, 2.75) is 32.7 Å². The largest absolute Gasteiger partial charge is 0.313 e. The molecule has 1 atom stereocenters. The van der Waals surface area contributed by atoms with E-state index in [9.17, 15) is 10.1 Å². The zero-order valence-corrected chi connectivity index (χ0v) is 12.9. The topological polar surface area (TPSA) is 55.2 Å². The van der Waals surface area contributed by atoms with E-state index in [4.69, 9.17) is 0 Å². The molecule has 1 aromatic rings. The number of nitrogens with one attached hydrogen (secondary N) is 1. The average Bonchev–Trinajstić information content (AvgIpc) is 2.38. The molecule has 5 heteroatoms. The van der Waals surface area contributed by atoms with Crippen molar-refractivity contribution < 1.29 is 4.92 Å². The highest BCUT2D eigenvalue weighted by Gasteiger charge is 2.27. The standard InChI is InChI=1S/C15H22N2O2S/c1-15(2)9-13(10-20-11-15)16-8-7-12-3-5-14(6-4-12)17(18)19/h3-6,13,16H,7-11H2,1-2H3. The van der Waals surface area contributed by atoms with E-state index in [-0.39, 0.29) is 10.6 Å². The molecule has 0 amide bonds. The Labute approximate surface area is 124 Å². The first-order chi connectivity index (χ1) is 9.46. The fourth-order valence-corrected chi connectivity index (χ4v) is 3.91. The first kappa shape index (κ1) is 15.3. The van der Waals surface area contributed by atoms with Crippen LogP contribution in [0.1, 0.15) is 25.8 Å². The van der Waals surface area contributed by atoms with E-state index >= 15 is 0 Å². The van der Waals surface area contributed by atoms with Crippen LogP contribution in [0.2, 0.25) is 0 Å². The van der Waals surface area contributed by atoms with Crippen LogP contribution in [0.5, 0.6) is 0 Å². The van der Waals surface area contributed by atoms with Gasteiger partial charge in [0.2, 0.25) is 0 Å². The summed E-state index contributed by atoms with van der Waals surface area (Å²) in [5.74, 6) is 2.43. The Bertz CT molecular complexity index is 459. The molecule has 1 saturated heterocycles. The van der Waals surface area contributed by atoms with Gasteiger partial charge in [0.15, 0.2) is 0 Å². The average molecular weight is 294 g/mol. The highest BCUT2D eigenvalue weighted by molar-refractivity contribution is 7.99. The number of nitro groups is 1. The van der Waals surface area contributed by atoms with E-state index in [1.165, 1.54) is 17.9 Å². The van der Waals surface area contributed by atoms with Crippen LogP contribution < -0.4 is 5.32 Å². The number of nitrogens with zero attached hydrogens (tertiary/aromatic N) is 1. The fourth-order valence-electron chi connectivity index (χ4n) is 2.60. The zero-order valence-electron chi connectivity index (χ0n) is 12.1. The molecule has 1 heterocycles. The van der Waals surface area contributed by atoms with E-state index in [0.29, 0.717) is 11.5 Å². The summed E-state index contributed by atoms with van der Waals surface area (Å²) in [6.07, 6.45) is 2.14. The smallest absolute Gasteiger partial charge is 0.269 e. The second-order valence-corrected chi connectivity index (χ2v) is 7.24. The van der Waals surface area contributed by atoms with Crippen LogP contribution in [0.3, 0.4) is 0 Å². The Hall–Kier alpha value is -1.07. The summed E-state index contributed by atoms with van der Waals surface area (Å²) in [6, 6.07) is 7.43. The molecule has 0 aliphatic carbocycles. The first-order valence-corrected chi connectivity index (χ1v) is 8.16. The van der Waals surface area contributed by atoms with Crippen molar-refractivity contribution in [1.82, 2.24) is 5.32 Å². The molecule has 4 nitrogen and oxygen atoms in total. The molecule has 2 rings (SSSR count). The quantitative estimate of drug-likeness (QED) is 0.669. The molecule has 1 fully saturated rings. The van der Waals surface area contributed by atoms with Crippen LogP contribution in [-0.4, -0.2) is 29.0 Å². The molecule has 1 aliphatic heterocycles. The lowest BCUT2D eigenvalue weighted by molar-refractivity contribution is -0.384. The molecule has 1 unspecified atom stereocenters. The number of benzene rings is 1. The number of hydrogen-bond donors (Lipinski definition) is 1. The van der Waals surface area contributed by atoms with Crippen LogP contribution in [0, 0.1) is 15.5 Å². The van der Waals surface area contributed by atoms with Crippen molar-refractivity contribution in [1.29, 1.82) is 0 Å². The predicted molar refractivity (Wildman–Crippen MR) is 84.3 cm³/mol. The van der Waals surface area contributed by atoms with Gasteiger partial charge in [-0.3, -0.25) is 10.1 Å². The van der Waals surface area contributed by atoms with Crippen LogP contribution in [0.25, 0.3) is 0 Å². The van der Waals surface area contributed by atoms with Gasteiger partial charge in [0, 0.05) is 23.9 Å². The minimum absolute atomic E-state index is 0.159. The van der Waals surface area contributed by atoms with Gasteiger partial charge < -0.3 is 5.32 Å². The second-order valence-electron chi connectivity index (χ2n) is 6.21. The summed E-state index contributed by atoms with van der Waals surface area (Å²) in [5, 5.41) is 14.2. The molecule has 1 aromatic carbocycles. The molecule has 0 spiro atoms. The van der Waals surface area contributed by atoms with Gasteiger partial charge in [-0.25, -0.2) is 0 Å². The van der Waals surface area contributed by atoms with Crippen molar-refractivity contribution in [3.63, 3.8) is 0 Å². The van der Waals surface area contributed by atoms with E-state index in [1.807, 2.05) is 23.9 Å². The van der Waals surface area contributed by atoms with Gasteiger partial charge in [0.1, 0.15) is 0 Å². The molecule has 20 heavy (non-hydrogen) atoms. The number of rotatable bonds is 5. The third kappa shape index (κ3) is 4.49. The van der Waals surface area contributed by atoms with Gasteiger partial charge in [0.25, 0.3) is 5.69 Å². The lowest BCUT2D eigenvalue weighted by atomic mass is 9.88. The van der Waals surface area contributed by atoms with Crippen LogP contribution in [-0.2, 0) is 6.42 Å². The molecule has 0 radical (unpaired) electrons. The van der Waals surface area contributed by atoms with Crippen LogP contribution in [0.4, 0.5) is 5.69 Å². The first-order valence-electron chi connectivity index (χ1n) is 7.01. The Morgan fingerprint density at radius 3 is 2.70 bits per heavy atom. The highest BCUT2D eigenvalue weighted by Crippen LogP contribution is 2.33. The van der Waals surface area contributed by atoms with Crippen molar-refractivity contribution in [2.24, 2.45) is 5.41 Å². The maximum atomic E-state index is 10.6. The van der Waals surface area contributed by atoms with E-state index in [0.717, 1.165) is 18.5 Å². The second kappa shape index (κ2) is 6.59. The number of non-ortho nitro benzene ring substituents is 1. The Balaban J connectivity index is 1.76.